The minimum absolute atomic E-state index is 0. The van der Waals surface area contributed by atoms with Gasteiger partial charge in [-0.15, -0.1) is 0 Å². The molecule has 16 nitrogen and oxygen atoms in total. The first-order valence-corrected chi connectivity index (χ1v) is 37.3. The van der Waals surface area contributed by atoms with Crippen LogP contribution in [0.4, 0.5) is 0 Å². The molecule has 5 heterocycles. The average Bonchev–Trinajstić information content (AvgIpc) is 1.63. The van der Waals surface area contributed by atoms with Crippen molar-refractivity contribution < 1.29 is 175 Å². The van der Waals surface area contributed by atoms with E-state index in [9.17, 15) is 0 Å². The Morgan fingerprint density at radius 2 is 0.374 bits per heavy atom. The van der Waals surface area contributed by atoms with Gasteiger partial charge in [0.25, 0.3) is 0 Å². The van der Waals surface area contributed by atoms with Gasteiger partial charge in [0.05, 0.1) is 183 Å². The van der Waals surface area contributed by atoms with E-state index < -0.39 is 36.6 Å². The van der Waals surface area contributed by atoms with Crippen molar-refractivity contribution in [3.05, 3.63) is 100 Å². The number of benzene rings is 4. The van der Waals surface area contributed by atoms with E-state index >= 15 is 0 Å². The van der Waals surface area contributed by atoms with E-state index in [1.807, 2.05) is 13.8 Å². The first-order chi connectivity index (χ1) is 45.1. The van der Waals surface area contributed by atoms with Crippen LogP contribution in [0.5, 0.6) is 0 Å². The van der Waals surface area contributed by atoms with Gasteiger partial charge in [-0.25, -0.2) is 0 Å². The Morgan fingerprint density at radius 1 is 0.215 bits per heavy atom. The first-order valence-electron chi connectivity index (χ1n) is 37.3. The summed E-state index contributed by atoms with van der Waals surface area (Å²) in [6, 6.07) is 24.8. The van der Waals surface area contributed by atoms with Crippen LogP contribution >= 0.6 is 0 Å². The van der Waals surface area contributed by atoms with Crippen LogP contribution in [0.15, 0.2) is 66.7 Å². The number of nitrogens with zero attached hydrogens (tertiary/aromatic N) is 6. The minimum Gasteiger partial charge on any atom is -1.00 e. The molecule has 610 valence electrons. The molecule has 0 bridgehead atoms. The minimum atomic E-state index is -0.412. The Balaban J connectivity index is 0.00000155. The van der Waals surface area contributed by atoms with Gasteiger partial charge in [-0.1, -0.05) is 62.4 Å². The highest BCUT2D eigenvalue weighted by atomic mass is 79.9. The van der Waals surface area contributed by atoms with Gasteiger partial charge in [0.15, 0.2) is 0 Å². The number of rotatable bonds is 18. The van der Waals surface area contributed by atoms with Crippen LogP contribution in [0.25, 0.3) is 11.1 Å². The highest BCUT2D eigenvalue weighted by Crippen LogP contribution is 2.42. The predicted octanol–water partition coefficient (Wildman–Crippen LogP) is -7.49. The third-order valence-electron chi connectivity index (χ3n) is 21.6. The molecule has 0 atom stereocenters. The second-order valence-electron chi connectivity index (χ2n) is 40.7. The maximum Gasteiger partial charge on any atom is 0.495 e. The third kappa shape index (κ3) is 27.3. The van der Waals surface area contributed by atoms with E-state index in [0.29, 0.717) is 0 Å². The molecule has 5 saturated heterocycles. The van der Waals surface area contributed by atoms with Crippen molar-refractivity contribution in [2.45, 2.75) is 248 Å². The van der Waals surface area contributed by atoms with Crippen LogP contribution in [0, 0.1) is 0 Å². The summed E-state index contributed by atoms with van der Waals surface area (Å²) in [7, 11) is 38.0. The van der Waals surface area contributed by atoms with Crippen molar-refractivity contribution in [2.75, 3.05) is 127 Å². The zero-order chi connectivity index (χ0) is 77.5. The van der Waals surface area contributed by atoms with Gasteiger partial charge in [-0.3, -0.25) is 0 Å². The molecule has 0 radical (unpaired) electrons. The molecule has 5 aliphatic heterocycles. The lowest BCUT2D eigenvalue weighted by Gasteiger charge is -2.32. The van der Waals surface area contributed by atoms with Crippen molar-refractivity contribution in [1.82, 2.24) is 0 Å². The molecule has 9 rings (SSSR count). The summed E-state index contributed by atoms with van der Waals surface area (Å²) in [6.07, 6.45) is 0. The predicted molar refractivity (Wildman–Crippen MR) is 425 cm³/mol. The normalized spacial score (nSPS) is 20.4. The molecule has 0 saturated carbocycles. The Labute approximate surface area is 718 Å². The van der Waals surface area contributed by atoms with Crippen LogP contribution in [-0.2, 0) is 85.8 Å². The summed E-state index contributed by atoms with van der Waals surface area (Å²) in [5.41, 5.74) is 11.8. The molecule has 0 aromatic heterocycles. The van der Waals surface area contributed by atoms with E-state index in [1.54, 1.807) is 0 Å². The smallest absolute Gasteiger partial charge is 0.495 e. The molecule has 0 aliphatic carbocycles. The fourth-order valence-corrected chi connectivity index (χ4v) is 12.8. The largest absolute Gasteiger partial charge is 1.00 e. The van der Waals surface area contributed by atoms with Crippen LogP contribution in [0.2, 0.25) is 0 Å². The number of hydrogen-bond acceptors (Lipinski definition) is 10. The number of halogens is 6. The lowest BCUT2D eigenvalue weighted by atomic mass is 9.68. The van der Waals surface area contributed by atoms with Gasteiger partial charge >= 0.3 is 35.6 Å². The molecule has 5 aliphatic rings. The molecule has 107 heavy (non-hydrogen) atoms. The third-order valence-corrected chi connectivity index (χ3v) is 21.6. The number of quaternary nitrogens is 6. The molecule has 27 heteroatoms. The molecular formula is C80H143B5Br6N6O10. The monoisotopic (exact) mass is 1880 g/mol. The second-order valence-corrected chi connectivity index (χ2v) is 40.7. The maximum absolute atomic E-state index is 6.53. The van der Waals surface area contributed by atoms with Crippen molar-refractivity contribution >= 4 is 62.9 Å². The highest BCUT2D eigenvalue weighted by Gasteiger charge is 2.58. The Morgan fingerprint density at radius 3 is 0.561 bits per heavy atom. The van der Waals surface area contributed by atoms with Gasteiger partial charge < -0.3 is 175 Å². The van der Waals surface area contributed by atoms with Crippen molar-refractivity contribution in [2.24, 2.45) is 0 Å². The molecule has 0 amide bonds. The van der Waals surface area contributed by atoms with Gasteiger partial charge in [0.2, 0.25) is 0 Å². The number of hydrogen-bond donors (Lipinski definition) is 0. The molecule has 5 fully saturated rings. The van der Waals surface area contributed by atoms with Gasteiger partial charge in [-0.05, 0) is 195 Å². The summed E-state index contributed by atoms with van der Waals surface area (Å²) in [4.78, 5) is 0. The maximum atomic E-state index is 6.53. The van der Waals surface area contributed by atoms with Crippen LogP contribution < -0.4 is 129 Å². The van der Waals surface area contributed by atoms with E-state index in [4.69, 9.17) is 46.5 Å². The standard InChI is InChI=1S/C32H52B2N2O4.C26H48B2N2O4.C20H37BN2O2.C2H6.6BrH/c1-29(2)30(3,4)38-33(37-29)27-17-15-23(19-25(27)21-35(9,10)11)24-16-18-28(26(20-24)22-36(12,13)14)34-39-31(5,6)32(7,8)40-34;1-23(2)24(3,4)32-27(31-23)21-15-20(18-30(12,13)14)22(16-19(21)17-29(9,10)11)28-33-25(5,6)26(7,8)34-28;1-19(2)20(3,4)25-21(24-19)18-12-11-16(14-22(5,6)7)13-17(18)15-23(8,9)10;1-2;;;;;;/h15-20H,21-22H2,1-14H3;15-16H,17-18H2,1-14H3;11-13H,14-15H2,1-10H3;1-2H3;6*1H/q3*+2;;;;;;;/p-6. The quantitative estimate of drug-likeness (QED) is 0.0709. The lowest BCUT2D eigenvalue weighted by molar-refractivity contribution is -0.884. The average molecular weight is 1880 g/mol. The molecule has 0 spiro atoms. The SMILES string of the molecule is CC.CC1(C)OB(c2cc(C[N+](C)(C)C)c(B3OC(C)(C)C(C)(C)O3)cc2C[N+](C)(C)C)OC1(C)C.CC1(C)OB(c2ccc(-c3ccc(B4OC(C)(C)C(C)(C)O4)c(C[N+](C)(C)C)c3)cc2C[N+](C)(C)C)OC1(C)C.CC1(C)OB(c2ccc(C[N+](C)(C)C)cc2C[N+](C)(C)C)OC1(C)C.[Br-].[Br-].[Br-].[Br-].[Br-].[Br-]. The van der Waals surface area contributed by atoms with Crippen molar-refractivity contribution in [3.8, 4) is 11.1 Å². The lowest BCUT2D eigenvalue weighted by Crippen LogP contribution is -3.00. The van der Waals surface area contributed by atoms with E-state index in [2.05, 4.69) is 332 Å². The molecule has 0 N–H and O–H groups in total. The van der Waals surface area contributed by atoms with Crippen molar-refractivity contribution in [3.63, 3.8) is 0 Å². The van der Waals surface area contributed by atoms with Gasteiger partial charge in [-0.2, -0.15) is 0 Å². The Hall–Kier alpha value is -0.555. The zero-order valence-electron chi connectivity index (χ0n) is 74.0. The molecule has 0 unspecified atom stereocenters. The van der Waals surface area contributed by atoms with Crippen LogP contribution in [0.1, 0.15) is 186 Å². The fourth-order valence-electron chi connectivity index (χ4n) is 12.8. The Kier molecular flexibility index (Phi) is 36.8. The highest BCUT2D eigenvalue weighted by molar-refractivity contribution is 6.65. The van der Waals surface area contributed by atoms with E-state index in [0.717, 1.165) is 93.5 Å². The van der Waals surface area contributed by atoms with E-state index in [-0.39, 0.29) is 157 Å². The first kappa shape index (κ1) is 106. The summed E-state index contributed by atoms with van der Waals surface area (Å²) >= 11 is 0. The second kappa shape index (κ2) is 36.9. The summed E-state index contributed by atoms with van der Waals surface area (Å²) in [5, 5.41) is 0. The Bertz CT molecular complexity index is 3310. The van der Waals surface area contributed by atoms with Gasteiger partial charge in [0, 0.05) is 33.4 Å². The van der Waals surface area contributed by atoms with E-state index in [1.165, 1.54) is 44.5 Å². The summed E-state index contributed by atoms with van der Waals surface area (Å²) in [6.45, 7) is 51.6. The van der Waals surface area contributed by atoms with Gasteiger partial charge in [0.1, 0.15) is 39.3 Å². The summed E-state index contributed by atoms with van der Waals surface area (Å²) in [5.74, 6) is 0. The van der Waals surface area contributed by atoms with Crippen LogP contribution in [0.3, 0.4) is 0 Å². The molecule has 4 aromatic carbocycles. The topological polar surface area (TPSA) is 92.3 Å². The van der Waals surface area contributed by atoms with Crippen molar-refractivity contribution in [1.29, 1.82) is 0 Å². The summed E-state index contributed by atoms with van der Waals surface area (Å²) < 4.78 is 69.6. The fraction of sp³-hybridized carbons (Fsp3) is 0.700. The molecular weight excluding hydrogens is 1740 g/mol. The van der Waals surface area contributed by atoms with Crippen LogP contribution in [-0.4, -0.2) is 245 Å². The molecule has 4 aromatic rings. The zero-order valence-corrected chi connectivity index (χ0v) is 83.5.